The number of hydrogen-bond acceptors (Lipinski definition) is 5. The topological polar surface area (TPSA) is 67.6 Å². The van der Waals surface area contributed by atoms with Gasteiger partial charge in [-0.1, -0.05) is 18.5 Å². The number of benzene rings is 1. The number of rotatable bonds is 7. The second kappa shape index (κ2) is 9.63. The molecule has 1 heterocycles. The fourth-order valence-corrected chi connectivity index (χ4v) is 4.86. The molecule has 1 aromatic carbocycles. The molecule has 2 fully saturated rings. The second-order valence-electron chi connectivity index (χ2n) is 8.85. The van der Waals surface area contributed by atoms with Crippen LogP contribution in [0.3, 0.4) is 0 Å². The van der Waals surface area contributed by atoms with Crippen LogP contribution in [0.2, 0.25) is 5.02 Å². The third kappa shape index (κ3) is 5.41. The summed E-state index contributed by atoms with van der Waals surface area (Å²) in [7, 11) is 0. The van der Waals surface area contributed by atoms with Gasteiger partial charge in [0.25, 0.3) is 5.69 Å². The molecule has 0 aromatic heterocycles. The van der Waals surface area contributed by atoms with Crippen LogP contribution in [0.4, 0.5) is 11.4 Å². The van der Waals surface area contributed by atoms with Crippen LogP contribution in [0.5, 0.6) is 0 Å². The summed E-state index contributed by atoms with van der Waals surface area (Å²) >= 11 is 6.08. The van der Waals surface area contributed by atoms with E-state index < -0.39 is 0 Å². The molecule has 1 aliphatic heterocycles. The van der Waals surface area contributed by atoms with Crippen molar-refractivity contribution in [1.82, 2.24) is 4.90 Å². The third-order valence-corrected chi connectivity index (χ3v) is 7.07. The normalized spacial score (nSPS) is 26.4. The quantitative estimate of drug-likeness (QED) is 0.459. The zero-order valence-electron chi connectivity index (χ0n) is 17.9. The van der Waals surface area contributed by atoms with Gasteiger partial charge < -0.3 is 10.1 Å². The van der Waals surface area contributed by atoms with Crippen LogP contribution in [0, 0.1) is 17.0 Å². The Morgan fingerprint density at radius 1 is 1.28 bits per heavy atom. The van der Waals surface area contributed by atoms with Crippen LogP contribution in [-0.4, -0.2) is 47.2 Å². The van der Waals surface area contributed by atoms with E-state index in [2.05, 4.69) is 24.1 Å². The van der Waals surface area contributed by atoms with Crippen molar-refractivity contribution in [1.29, 1.82) is 0 Å². The Bertz CT molecular complexity index is 711. The highest BCUT2D eigenvalue weighted by Gasteiger charge is 2.38. The van der Waals surface area contributed by atoms with Crippen molar-refractivity contribution in [2.75, 3.05) is 25.0 Å². The summed E-state index contributed by atoms with van der Waals surface area (Å²) < 4.78 is 5.95. The first-order valence-corrected chi connectivity index (χ1v) is 11.3. The number of halogens is 1. The summed E-state index contributed by atoms with van der Waals surface area (Å²) in [5.74, 6) is 0. The van der Waals surface area contributed by atoms with Crippen LogP contribution >= 0.6 is 11.6 Å². The molecule has 29 heavy (non-hydrogen) atoms. The number of nitro groups is 1. The van der Waals surface area contributed by atoms with E-state index in [-0.39, 0.29) is 22.2 Å². The molecule has 3 rings (SSSR count). The Labute approximate surface area is 179 Å². The molecule has 162 valence electrons. The van der Waals surface area contributed by atoms with E-state index in [0.29, 0.717) is 16.8 Å². The van der Waals surface area contributed by atoms with E-state index in [1.165, 1.54) is 18.9 Å². The number of nitro benzene ring substituents is 1. The molecular weight excluding hydrogens is 390 g/mol. The Morgan fingerprint density at radius 2 is 1.93 bits per heavy atom. The minimum atomic E-state index is -0.358. The number of nitrogens with zero attached hydrogens (tertiary/aromatic N) is 2. The van der Waals surface area contributed by atoms with Gasteiger partial charge in [0.15, 0.2) is 0 Å². The van der Waals surface area contributed by atoms with Gasteiger partial charge in [-0.05, 0) is 70.4 Å². The number of hydrogen-bond donors (Lipinski definition) is 1. The highest BCUT2D eigenvalue weighted by atomic mass is 35.5. The van der Waals surface area contributed by atoms with Gasteiger partial charge in [-0.2, -0.15) is 0 Å². The van der Waals surface area contributed by atoms with Crippen molar-refractivity contribution in [3.05, 3.63) is 32.8 Å². The Balaban J connectivity index is 1.55. The maximum Gasteiger partial charge on any atom is 0.293 e. The standard InChI is InChI=1S/C22H34ClN3O3/c1-4-13-29-18-5-9-22(3,10-6-18)25-11-7-17(8-12-25)24-20-14-16(2)19(23)15-21(20)26(27)28/h14-15,17-18,24H,4-13H2,1-3H3/t18-,22-. The van der Waals surface area contributed by atoms with Crippen LogP contribution in [-0.2, 0) is 4.74 Å². The molecule has 1 saturated heterocycles. The maximum atomic E-state index is 11.4. The number of ether oxygens (including phenoxy) is 1. The fourth-order valence-electron chi connectivity index (χ4n) is 4.70. The molecule has 1 aliphatic carbocycles. The minimum Gasteiger partial charge on any atom is -0.378 e. The number of likely N-dealkylation sites (tertiary alicyclic amines) is 1. The number of aryl methyl sites for hydroxylation is 1. The van der Waals surface area contributed by atoms with Gasteiger partial charge in [0.05, 0.1) is 16.0 Å². The van der Waals surface area contributed by atoms with E-state index >= 15 is 0 Å². The van der Waals surface area contributed by atoms with E-state index in [0.717, 1.165) is 57.4 Å². The first kappa shape index (κ1) is 22.3. The summed E-state index contributed by atoms with van der Waals surface area (Å²) in [5.41, 5.74) is 1.74. The van der Waals surface area contributed by atoms with E-state index in [1.54, 1.807) is 6.07 Å². The van der Waals surface area contributed by atoms with Crippen LogP contribution in [0.15, 0.2) is 12.1 Å². The molecule has 6 nitrogen and oxygen atoms in total. The van der Waals surface area contributed by atoms with E-state index in [9.17, 15) is 10.1 Å². The molecule has 1 N–H and O–H groups in total. The molecule has 0 radical (unpaired) electrons. The molecule has 7 heteroatoms. The Kier molecular flexibility index (Phi) is 7.41. The lowest BCUT2D eigenvalue weighted by Crippen LogP contribution is -2.53. The van der Waals surface area contributed by atoms with Crippen LogP contribution < -0.4 is 5.32 Å². The summed E-state index contributed by atoms with van der Waals surface area (Å²) in [6, 6.07) is 3.50. The molecule has 1 saturated carbocycles. The first-order valence-electron chi connectivity index (χ1n) is 10.9. The van der Waals surface area contributed by atoms with Gasteiger partial charge in [0.2, 0.25) is 0 Å². The van der Waals surface area contributed by atoms with Gasteiger partial charge >= 0.3 is 0 Å². The van der Waals surface area contributed by atoms with Crippen molar-refractivity contribution < 1.29 is 9.66 Å². The van der Waals surface area contributed by atoms with Crippen molar-refractivity contribution in [2.45, 2.75) is 83.4 Å². The number of anilines is 1. The molecule has 0 atom stereocenters. The predicted molar refractivity (Wildman–Crippen MR) is 118 cm³/mol. The van der Waals surface area contributed by atoms with Gasteiger partial charge in [0.1, 0.15) is 5.69 Å². The van der Waals surface area contributed by atoms with Crippen molar-refractivity contribution in [3.63, 3.8) is 0 Å². The van der Waals surface area contributed by atoms with Gasteiger partial charge in [-0.3, -0.25) is 15.0 Å². The van der Waals surface area contributed by atoms with E-state index in [4.69, 9.17) is 16.3 Å². The van der Waals surface area contributed by atoms with Crippen molar-refractivity contribution in [2.24, 2.45) is 0 Å². The second-order valence-corrected chi connectivity index (χ2v) is 9.26. The smallest absolute Gasteiger partial charge is 0.293 e. The highest BCUT2D eigenvalue weighted by molar-refractivity contribution is 6.31. The molecule has 0 spiro atoms. The maximum absolute atomic E-state index is 11.4. The first-order chi connectivity index (χ1) is 13.8. The lowest BCUT2D eigenvalue weighted by molar-refractivity contribution is -0.384. The van der Waals surface area contributed by atoms with Crippen molar-refractivity contribution in [3.8, 4) is 0 Å². The molecule has 0 amide bonds. The highest BCUT2D eigenvalue weighted by Crippen LogP contribution is 2.37. The van der Waals surface area contributed by atoms with E-state index in [1.807, 2.05) is 6.92 Å². The summed E-state index contributed by atoms with van der Waals surface area (Å²) in [6.07, 6.45) is 8.14. The Morgan fingerprint density at radius 3 is 2.52 bits per heavy atom. The average molecular weight is 424 g/mol. The van der Waals surface area contributed by atoms with Gasteiger partial charge in [-0.25, -0.2) is 0 Å². The number of nitrogens with one attached hydrogen (secondary N) is 1. The zero-order valence-corrected chi connectivity index (χ0v) is 18.6. The lowest BCUT2D eigenvalue weighted by atomic mass is 9.79. The van der Waals surface area contributed by atoms with Gasteiger partial charge in [-0.15, -0.1) is 0 Å². The van der Waals surface area contributed by atoms with Crippen molar-refractivity contribution >= 4 is 23.0 Å². The molecule has 1 aromatic rings. The Hall–Kier alpha value is -1.37. The van der Waals surface area contributed by atoms with Crippen LogP contribution in [0.1, 0.15) is 64.4 Å². The number of piperidine rings is 1. The summed E-state index contributed by atoms with van der Waals surface area (Å²) in [6.45, 7) is 9.34. The molecular formula is C22H34ClN3O3. The third-order valence-electron chi connectivity index (χ3n) is 6.66. The van der Waals surface area contributed by atoms with Crippen LogP contribution in [0.25, 0.3) is 0 Å². The van der Waals surface area contributed by atoms with Gasteiger partial charge in [0, 0.05) is 37.3 Å². The predicted octanol–water partition coefficient (Wildman–Crippen LogP) is 5.56. The monoisotopic (exact) mass is 423 g/mol. The largest absolute Gasteiger partial charge is 0.378 e. The lowest BCUT2D eigenvalue weighted by Gasteiger charge is -2.48. The minimum absolute atomic E-state index is 0.0559. The SMILES string of the molecule is CCCO[C@H]1CC[C@](C)(N2CCC(Nc3cc(C)c(Cl)cc3[N+](=O)[O-])CC2)CC1. The molecule has 0 unspecified atom stereocenters. The summed E-state index contributed by atoms with van der Waals surface area (Å²) in [4.78, 5) is 13.7. The average Bonchev–Trinajstić information content (AvgIpc) is 2.70. The fraction of sp³-hybridized carbons (Fsp3) is 0.727. The zero-order chi connectivity index (χ0) is 21.0. The molecule has 2 aliphatic rings. The molecule has 0 bridgehead atoms. The summed E-state index contributed by atoms with van der Waals surface area (Å²) in [5, 5.41) is 15.3.